The summed E-state index contributed by atoms with van der Waals surface area (Å²) in [6, 6.07) is 8.60. The number of benzene rings is 2. The van der Waals surface area contributed by atoms with Crippen molar-refractivity contribution in [2.45, 2.75) is 0 Å². The first-order valence-corrected chi connectivity index (χ1v) is 8.11. The summed E-state index contributed by atoms with van der Waals surface area (Å²) in [4.78, 5) is 12.7. The van der Waals surface area contributed by atoms with Crippen LogP contribution in [-0.2, 0) is 0 Å². The molecule has 1 aliphatic heterocycles. The third-order valence-corrected chi connectivity index (χ3v) is 4.53. The summed E-state index contributed by atoms with van der Waals surface area (Å²) in [5, 5.41) is 0.407. The topological polar surface area (TPSA) is 35.5 Å². The quantitative estimate of drug-likeness (QED) is 0.636. The standard InChI is InChI=1S/C15H9Br2ClO3/c16-8-1-2-12(18)10(5-8)15(19)9-6-13-14(7-11(9)17)21-4-3-20-13/h1-2,5-7H,3-4H2. The van der Waals surface area contributed by atoms with Gasteiger partial charge in [-0.2, -0.15) is 0 Å². The van der Waals surface area contributed by atoms with E-state index in [9.17, 15) is 4.79 Å². The summed E-state index contributed by atoms with van der Waals surface area (Å²) < 4.78 is 12.4. The fourth-order valence-electron chi connectivity index (χ4n) is 2.05. The minimum absolute atomic E-state index is 0.176. The maximum atomic E-state index is 12.7. The van der Waals surface area contributed by atoms with Crippen molar-refractivity contribution in [3.63, 3.8) is 0 Å². The van der Waals surface area contributed by atoms with Crippen LogP contribution in [0.3, 0.4) is 0 Å². The van der Waals surface area contributed by atoms with Crippen molar-refractivity contribution in [1.29, 1.82) is 0 Å². The molecule has 21 heavy (non-hydrogen) atoms. The molecule has 0 fully saturated rings. The number of fused-ring (bicyclic) bond motifs is 1. The first-order chi connectivity index (χ1) is 10.1. The maximum absolute atomic E-state index is 12.7. The van der Waals surface area contributed by atoms with Crippen LogP contribution in [0.2, 0.25) is 5.02 Å². The van der Waals surface area contributed by atoms with Gasteiger partial charge in [-0.25, -0.2) is 0 Å². The Labute approximate surface area is 143 Å². The van der Waals surface area contributed by atoms with E-state index in [1.54, 1.807) is 30.3 Å². The fourth-order valence-corrected chi connectivity index (χ4v) is 3.12. The van der Waals surface area contributed by atoms with Gasteiger partial charge < -0.3 is 9.47 Å². The van der Waals surface area contributed by atoms with Crippen LogP contribution in [0.15, 0.2) is 39.3 Å². The van der Waals surface area contributed by atoms with E-state index in [1.807, 2.05) is 0 Å². The molecule has 0 aromatic heterocycles. The largest absolute Gasteiger partial charge is 0.486 e. The minimum Gasteiger partial charge on any atom is -0.486 e. The number of halogens is 3. The van der Waals surface area contributed by atoms with Crippen LogP contribution in [0.1, 0.15) is 15.9 Å². The van der Waals surface area contributed by atoms with Gasteiger partial charge >= 0.3 is 0 Å². The number of hydrogen-bond donors (Lipinski definition) is 0. The molecule has 0 aliphatic carbocycles. The van der Waals surface area contributed by atoms with Gasteiger partial charge in [-0.3, -0.25) is 4.79 Å². The third kappa shape index (κ3) is 2.96. The molecule has 0 spiro atoms. The van der Waals surface area contributed by atoms with Crippen molar-refractivity contribution in [2.24, 2.45) is 0 Å². The Bertz CT molecular complexity index is 731. The van der Waals surface area contributed by atoms with Crippen molar-refractivity contribution >= 4 is 49.2 Å². The van der Waals surface area contributed by atoms with Crippen molar-refractivity contribution in [1.82, 2.24) is 0 Å². The van der Waals surface area contributed by atoms with Crippen LogP contribution >= 0.6 is 43.5 Å². The Balaban J connectivity index is 2.07. The van der Waals surface area contributed by atoms with Gasteiger partial charge in [0.25, 0.3) is 0 Å². The Morgan fingerprint density at radius 1 is 1.00 bits per heavy atom. The highest BCUT2D eigenvalue weighted by atomic mass is 79.9. The fraction of sp³-hybridized carbons (Fsp3) is 0.133. The number of hydrogen-bond acceptors (Lipinski definition) is 3. The summed E-state index contributed by atoms with van der Waals surface area (Å²) in [5.74, 6) is 1.02. The summed E-state index contributed by atoms with van der Waals surface area (Å²) in [7, 11) is 0. The average molecular weight is 432 g/mol. The molecule has 3 nitrogen and oxygen atoms in total. The zero-order chi connectivity index (χ0) is 15.0. The zero-order valence-electron chi connectivity index (χ0n) is 10.7. The van der Waals surface area contributed by atoms with Gasteiger partial charge in [0.1, 0.15) is 13.2 Å². The lowest BCUT2D eigenvalue weighted by Gasteiger charge is -2.19. The monoisotopic (exact) mass is 430 g/mol. The Morgan fingerprint density at radius 2 is 1.67 bits per heavy atom. The van der Waals surface area contributed by atoms with Gasteiger partial charge in [0.15, 0.2) is 17.3 Å². The van der Waals surface area contributed by atoms with Gasteiger partial charge in [0.05, 0.1) is 5.02 Å². The van der Waals surface area contributed by atoms with Crippen LogP contribution in [-0.4, -0.2) is 19.0 Å². The smallest absolute Gasteiger partial charge is 0.195 e. The lowest BCUT2D eigenvalue weighted by Crippen LogP contribution is -2.16. The Kier molecular flexibility index (Phi) is 4.24. The van der Waals surface area contributed by atoms with Gasteiger partial charge in [-0.05, 0) is 46.3 Å². The molecule has 0 saturated heterocycles. The molecule has 0 radical (unpaired) electrons. The highest BCUT2D eigenvalue weighted by Gasteiger charge is 2.21. The van der Waals surface area contributed by atoms with E-state index in [1.165, 1.54) is 0 Å². The first-order valence-electron chi connectivity index (χ1n) is 6.15. The molecule has 0 bridgehead atoms. The summed E-state index contributed by atoms with van der Waals surface area (Å²) in [6.07, 6.45) is 0. The third-order valence-electron chi connectivity index (χ3n) is 3.05. The minimum atomic E-state index is -0.176. The number of carbonyl (C=O) groups excluding carboxylic acids is 1. The van der Waals surface area contributed by atoms with Crippen LogP contribution in [0, 0.1) is 0 Å². The van der Waals surface area contributed by atoms with Crippen LogP contribution in [0.4, 0.5) is 0 Å². The van der Waals surface area contributed by atoms with E-state index < -0.39 is 0 Å². The second kappa shape index (κ2) is 5.99. The van der Waals surface area contributed by atoms with Gasteiger partial charge in [-0.15, -0.1) is 0 Å². The molecule has 0 unspecified atom stereocenters. The molecule has 1 heterocycles. The Morgan fingerprint density at radius 3 is 2.38 bits per heavy atom. The number of rotatable bonds is 2. The van der Waals surface area contributed by atoms with Crippen LogP contribution in [0.25, 0.3) is 0 Å². The van der Waals surface area contributed by atoms with Crippen molar-refractivity contribution < 1.29 is 14.3 Å². The van der Waals surface area contributed by atoms with Crippen molar-refractivity contribution in [3.05, 3.63) is 55.4 Å². The zero-order valence-corrected chi connectivity index (χ0v) is 14.6. The number of ketones is 1. The second-order valence-corrected chi connectivity index (χ2v) is 6.61. The van der Waals surface area contributed by atoms with E-state index in [0.29, 0.717) is 45.3 Å². The molecule has 2 aromatic rings. The Hall–Kier alpha value is -1.04. The summed E-state index contributed by atoms with van der Waals surface area (Å²) in [6.45, 7) is 0.976. The van der Waals surface area contributed by atoms with E-state index in [2.05, 4.69) is 31.9 Å². The molecule has 108 valence electrons. The molecular weight excluding hydrogens is 423 g/mol. The lowest BCUT2D eigenvalue weighted by atomic mass is 10.0. The maximum Gasteiger partial charge on any atom is 0.195 e. The summed E-state index contributed by atoms with van der Waals surface area (Å²) in [5.41, 5.74) is 0.919. The molecule has 0 amide bonds. The van der Waals surface area contributed by atoms with E-state index in [-0.39, 0.29) is 5.78 Å². The highest BCUT2D eigenvalue weighted by molar-refractivity contribution is 9.10. The average Bonchev–Trinajstić information content (AvgIpc) is 2.48. The van der Waals surface area contributed by atoms with Gasteiger partial charge in [-0.1, -0.05) is 27.5 Å². The summed E-state index contributed by atoms with van der Waals surface area (Å²) >= 11 is 12.9. The number of ether oxygens (including phenoxy) is 2. The van der Waals surface area contributed by atoms with Gasteiger partial charge in [0.2, 0.25) is 0 Å². The van der Waals surface area contributed by atoms with E-state index >= 15 is 0 Å². The molecule has 6 heteroatoms. The van der Waals surface area contributed by atoms with E-state index in [0.717, 1.165) is 4.47 Å². The lowest BCUT2D eigenvalue weighted by molar-refractivity contribution is 0.103. The van der Waals surface area contributed by atoms with Crippen LogP contribution < -0.4 is 9.47 Å². The first kappa shape index (κ1) is 14.9. The normalized spacial score (nSPS) is 13.1. The predicted octanol–water partition coefficient (Wildman–Crippen LogP) is 4.87. The molecule has 2 aromatic carbocycles. The second-order valence-electron chi connectivity index (χ2n) is 4.43. The number of carbonyl (C=O) groups is 1. The SMILES string of the molecule is O=C(c1cc(Br)ccc1Cl)c1cc2c(cc1Br)OCCO2. The molecular formula is C15H9Br2ClO3. The molecule has 0 N–H and O–H groups in total. The molecule has 3 rings (SSSR count). The predicted molar refractivity (Wildman–Crippen MR) is 87.7 cm³/mol. The van der Waals surface area contributed by atoms with Gasteiger partial charge in [0, 0.05) is 20.1 Å². The molecule has 1 aliphatic rings. The van der Waals surface area contributed by atoms with Crippen molar-refractivity contribution in [2.75, 3.05) is 13.2 Å². The van der Waals surface area contributed by atoms with E-state index in [4.69, 9.17) is 21.1 Å². The van der Waals surface area contributed by atoms with Crippen LogP contribution in [0.5, 0.6) is 11.5 Å². The molecule has 0 saturated carbocycles. The highest BCUT2D eigenvalue weighted by Crippen LogP contribution is 2.37. The molecule has 0 atom stereocenters. The van der Waals surface area contributed by atoms with Crippen molar-refractivity contribution in [3.8, 4) is 11.5 Å².